The van der Waals surface area contributed by atoms with E-state index in [4.69, 9.17) is 0 Å². The SMILES string of the molecule is CC(C)(NC(=O)c1cnc(-c2ncccn2)[nH]c1=O)c1ccccc1. The first-order chi connectivity index (χ1) is 12.0. The fourth-order valence-electron chi connectivity index (χ4n) is 2.37. The van der Waals surface area contributed by atoms with Crippen molar-refractivity contribution in [2.24, 2.45) is 0 Å². The van der Waals surface area contributed by atoms with Crippen LogP contribution in [0.15, 0.2) is 59.8 Å². The maximum atomic E-state index is 12.5. The van der Waals surface area contributed by atoms with E-state index in [-0.39, 0.29) is 17.2 Å². The fraction of sp³-hybridized carbons (Fsp3) is 0.167. The van der Waals surface area contributed by atoms with Crippen LogP contribution in [0.2, 0.25) is 0 Å². The summed E-state index contributed by atoms with van der Waals surface area (Å²) in [7, 11) is 0. The number of benzene rings is 1. The highest BCUT2D eigenvalue weighted by molar-refractivity contribution is 5.94. The first kappa shape index (κ1) is 16.5. The van der Waals surface area contributed by atoms with Crippen molar-refractivity contribution in [1.29, 1.82) is 0 Å². The van der Waals surface area contributed by atoms with Crippen molar-refractivity contribution >= 4 is 5.91 Å². The van der Waals surface area contributed by atoms with Gasteiger partial charge in [0, 0.05) is 18.6 Å². The number of nitrogens with zero attached hydrogens (tertiary/aromatic N) is 3. The van der Waals surface area contributed by atoms with Crippen LogP contribution in [0.4, 0.5) is 0 Å². The van der Waals surface area contributed by atoms with E-state index in [0.717, 1.165) is 5.56 Å². The van der Waals surface area contributed by atoms with Crippen molar-refractivity contribution in [3.63, 3.8) is 0 Å². The van der Waals surface area contributed by atoms with Crippen LogP contribution in [0.5, 0.6) is 0 Å². The Morgan fingerprint density at radius 2 is 1.72 bits per heavy atom. The number of aromatic amines is 1. The van der Waals surface area contributed by atoms with Gasteiger partial charge in [-0.1, -0.05) is 30.3 Å². The van der Waals surface area contributed by atoms with E-state index in [1.54, 1.807) is 18.5 Å². The van der Waals surface area contributed by atoms with E-state index in [1.807, 2.05) is 44.2 Å². The highest BCUT2D eigenvalue weighted by Gasteiger charge is 2.24. The predicted molar refractivity (Wildman–Crippen MR) is 92.8 cm³/mol. The number of rotatable bonds is 4. The predicted octanol–water partition coefficient (Wildman–Crippen LogP) is 1.89. The monoisotopic (exact) mass is 335 g/mol. The van der Waals surface area contributed by atoms with Gasteiger partial charge in [0.05, 0.1) is 5.54 Å². The molecule has 0 radical (unpaired) electrons. The second kappa shape index (κ2) is 6.64. The molecule has 0 aliphatic carbocycles. The summed E-state index contributed by atoms with van der Waals surface area (Å²) in [6.45, 7) is 3.74. The zero-order valence-electron chi connectivity index (χ0n) is 13.9. The van der Waals surface area contributed by atoms with Crippen molar-refractivity contribution < 1.29 is 4.79 Å². The highest BCUT2D eigenvalue weighted by Crippen LogP contribution is 2.19. The molecule has 0 atom stereocenters. The molecule has 25 heavy (non-hydrogen) atoms. The number of hydrogen-bond acceptors (Lipinski definition) is 5. The Labute approximate surface area is 144 Å². The molecule has 2 heterocycles. The van der Waals surface area contributed by atoms with Gasteiger partial charge in [-0.3, -0.25) is 9.59 Å². The van der Waals surface area contributed by atoms with Gasteiger partial charge in [-0.2, -0.15) is 0 Å². The third-order valence-electron chi connectivity index (χ3n) is 3.74. The van der Waals surface area contributed by atoms with E-state index >= 15 is 0 Å². The van der Waals surface area contributed by atoms with Gasteiger partial charge in [-0.05, 0) is 25.5 Å². The molecule has 3 aromatic rings. The topological polar surface area (TPSA) is 101 Å². The van der Waals surface area contributed by atoms with Gasteiger partial charge in [-0.25, -0.2) is 15.0 Å². The zero-order valence-corrected chi connectivity index (χ0v) is 13.9. The molecule has 3 rings (SSSR count). The molecule has 0 saturated carbocycles. The van der Waals surface area contributed by atoms with E-state index in [2.05, 4.69) is 25.3 Å². The smallest absolute Gasteiger partial charge is 0.264 e. The minimum absolute atomic E-state index is 0.0660. The van der Waals surface area contributed by atoms with Gasteiger partial charge in [0.1, 0.15) is 5.56 Å². The summed E-state index contributed by atoms with van der Waals surface area (Å²) in [5, 5.41) is 2.86. The lowest BCUT2D eigenvalue weighted by Gasteiger charge is -2.26. The molecular formula is C18H17N5O2. The van der Waals surface area contributed by atoms with E-state index in [1.165, 1.54) is 6.20 Å². The summed E-state index contributed by atoms with van der Waals surface area (Å²) in [5.41, 5.74) is -0.309. The van der Waals surface area contributed by atoms with Gasteiger partial charge in [-0.15, -0.1) is 0 Å². The normalized spacial score (nSPS) is 11.1. The molecule has 0 bridgehead atoms. The Kier molecular flexibility index (Phi) is 4.38. The molecule has 0 aliphatic heterocycles. The van der Waals surface area contributed by atoms with Crippen LogP contribution in [0.3, 0.4) is 0 Å². The number of H-pyrrole nitrogens is 1. The molecular weight excluding hydrogens is 318 g/mol. The summed E-state index contributed by atoms with van der Waals surface area (Å²) >= 11 is 0. The van der Waals surface area contributed by atoms with E-state index in [0.29, 0.717) is 0 Å². The Balaban J connectivity index is 1.85. The molecule has 126 valence electrons. The van der Waals surface area contributed by atoms with Crippen molar-refractivity contribution in [3.8, 4) is 11.6 Å². The highest BCUT2D eigenvalue weighted by atomic mass is 16.2. The van der Waals surface area contributed by atoms with Crippen molar-refractivity contribution in [2.45, 2.75) is 19.4 Å². The Bertz CT molecular complexity index is 936. The van der Waals surface area contributed by atoms with Crippen molar-refractivity contribution in [1.82, 2.24) is 25.3 Å². The van der Waals surface area contributed by atoms with Gasteiger partial charge >= 0.3 is 0 Å². The number of amides is 1. The van der Waals surface area contributed by atoms with Crippen molar-refractivity contribution in [3.05, 3.63) is 76.5 Å². The molecule has 0 saturated heterocycles. The van der Waals surface area contributed by atoms with Gasteiger partial charge in [0.15, 0.2) is 11.6 Å². The molecule has 2 N–H and O–H groups in total. The molecule has 0 spiro atoms. The van der Waals surface area contributed by atoms with Gasteiger partial charge in [0.25, 0.3) is 11.5 Å². The summed E-state index contributed by atoms with van der Waals surface area (Å²) in [6, 6.07) is 11.2. The van der Waals surface area contributed by atoms with Crippen LogP contribution in [0.25, 0.3) is 11.6 Å². The summed E-state index contributed by atoms with van der Waals surface area (Å²) in [6.07, 6.45) is 4.33. The minimum Gasteiger partial charge on any atom is -0.343 e. The second-order valence-electron chi connectivity index (χ2n) is 5.99. The van der Waals surface area contributed by atoms with Gasteiger partial charge in [0.2, 0.25) is 0 Å². The van der Waals surface area contributed by atoms with Crippen LogP contribution in [-0.2, 0) is 5.54 Å². The molecule has 7 nitrogen and oxygen atoms in total. The second-order valence-corrected chi connectivity index (χ2v) is 5.99. The third-order valence-corrected chi connectivity index (χ3v) is 3.74. The Hall–Kier alpha value is -3.35. The maximum Gasteiger partial charge on any atom is 0.264 e. The zero-order chi connectivity index (χ0) is 17.9. The van der Waals surface area contributed by atoms with E-state index in [9.17, 15) is 9.59 Å². The number of nitrogens with one attached hydrogen (secondary N) is 2. The van der Waals surface area contributed by atoms with Crippen LogP contribution >= 0.6 is 0 Å². The molecule has 1 aromatic carbocycles. The van der Waals surface area contributed by atoms with Crippen LogP contribution in [0, 0.1) is 0 Å². The molecule has 7 heteroatoms. The quantitative estimate of drug-likeness (QED) is 0.758. The average molecular weight is 335 g/mol. The van der Waals surface area contributed by atoms with Crippen LogP contribution < -0.4 is 10.9 Å². The summed E-state index contributed by atoms with van der Waals surface area (Å²) in [4.78, 5) is 39.4. The minimum atomic E-state index is -0.633. The lowest BCUT2D eigenvalue weighted by molar-refractivity contribution is 0.0910. The van der Waals surface area contributed by atoms with Crippen LogP contribution in [0.1, 0.15) is 29.8 Å². The molecule has 0 aliphatic rings. The molecule has 0 unspecified atom stereocenters. The van der Waals surface area contributed by atoms with Crippen molar-refractivity contribution in [2.75, 3.05) is 0 Å². The standard InChI is InChI=1S/C18H17N5O2/c1-18(2,12-7-4-3-5-8-12)23-17(25)13-11-21-15(22-16(13)24)14-19-9-6-10-20-14/h3-11H,1-2H3,(H,23,25)(H,21,22,24). The third kappa shape index (κ3) is 3.60. The van der Waals surface area contributed by atoms with Crippen LogP contribution in [-0.4, -0.2) is 25.8 Å². The number of hydrogen-bond donors (Lipinski definition) is 2. The summed E-state index contributed by atoms with van der Waals surface area (Å²) in [5.74, 6) is 0.00350. The number of carbonyl (C=O) groups excluding carboxylic acids is 1. The summed E-state index contributed by atoms with van der Waals surface area (Å²) < 4.78 is 0. The van der Waals surface area contributed by atoms with Gasteiger partial charge < -0.3 is 10.3 Å². The number of aromatic nitrogens is 4. The van der Waals surface area contributed by atoms with E-state index < -0.39 is 17.0 Å². The number of carbonyl (C=O) groups is 1. The molecule has 1 amide bonds. The average Bonchev–Trinajstić information content (AvgIpc) is 2.62. The molecule has 0 fully saturated rings. The first-order valence-electron chi connectivity index (χ1n) is 7.72. The Morgan fingerprint density at radius 1 is 1.04 bits per heavy atom. The fourth-order valence-corrected chi connectivity index (χ4v) is 2.37. The molecule has 2 aromatic heterocycles. The Morgan fingerprint density at radius 3 is 2.36 bits per heavy atom. The lowest BCUT2D eigenvalue weighted by atomic mass is 9.94. The maximum absolute atomic E-state index is 12.5. The lowest BCUT2D eigenvalue weighted by Crippen LogP contribution is -2.43. The first-order valence-corrected chi connectivity index (χ1v) is 7.72. The largest absolute Gasteiger partial charge is 0.343 e.